The van der Waals surface area contributed by atoms with E-state index in [1.807, 2.05) is 6.07 Å². The third-order valence-electron chi connectivity index (χ3n) is 3.92. The quantitative estimate of drug-likeness (QED) is 0.870. The van der Waals surface area contributed by atoms with Gasteiger partial charge in [-0.15, -0.1) is 0 Å². The van der Waals surface area contributed by atoms with E-state index < -0.39 is 0 Å². The predicted octanol–water partition coefficient (Wildman–Crippen LogP) is 3.57. The molecular weight excluding hydrogens is 288 g/mol. The highest BCUT2D eigenvalue weighted by molar-refractivity contribution is 9.10. The molecule has 1 fully saturated rings. The number of hydrogen-bond donors (Lipinski definition) is 1. The molecule has 1 aliphatic carbocycles. The maximum atomic E-state index is 6.26. The minimum absolute atomic E-state index is 0.129. The van der Waals surface area contributed by atoms with Crippen LogP contribution in [0.1, 0.15) is 37.3 Å². The molecule has 2 N–H and O–H groups in total. The van der Waals surface area contributed by atoms with Gasteiger partial charge in [-0.25, -0.2) is 0 Å². The summed E-state index contributed by atoms with van der Waals surface area (Å²) in [6.45, 7) is 2.32. The predicted molar refractivity (Wildman–Crippen MR) is 80.5 cm³/mol. The van der Waals surface area contributed by atoms with Gasteiger partial charge in [0.25, 0.3) is 0 Å². The van der Waals surface area contributed by atoms with Crippen molar-refractivity contribution in [3.8, 4) is 0 Å². The maximum absolute atomic E-state index is 6.26. The Hall–Kier alpha value is -0.380. The Balaban J connectivity index is 1.77. The van der Waals surface area contributed by atoms with E-state index >= 15 is 0 Å². The number of nitrogens with two attached hydrogens (primary N) is 1. The zero-order valence-corrected chi connectivity index (χ0v) is 12.7. The minimum Gasteiger partial charge on any atom is -0.324 e. The Labute approximate surface area is 119 Å². The van der Waals surface area contributed by atoms with E-state index in [9.17, 15) is 0 Å². The van der Waals surface area contributed by atoms with Crippen LogP contribution in [-0.4, -0.2) is 25.0 Å². The molecule has 1 unspecified atom stereocenters. The molecule has 1 atom stereocenters. The Bertz CT molecular complexity index is 377. The summed E-state index contributed by atoms with van der Waals surface area (Å²) in [5, 5.41) is 0. The first-order chi connectivity index (χ1) is 8.66. The van der Waals surface area contributed by atoms with Crippen molar-refractivity contribution in [2.75, 3.05) is 20.1 Å². The molecule has 0 aliphatic heterocycles. The fourth-order valence-corrected chi connectivity index (χ4v) is 3.08. The molecule has 2 nitrogen and oxygen atoms in total. The monoisotopic (exact) mass is 310 g/mol. The Morgan fingerprint density at radius 2 is 2.11 bits per heavy atom. The van der Waals surface area contributed by atoms with Gasteiger partial charge in [-0.05, 0) is 50.4 Å². The van der Waals surface area contributed by atoms with Crippen LogP contribution in [0.15, 0.2) is 28.7 Å². The number of nitrogens with zero attached hydrogens (tertiary/aromatic N) is 1. The van der Waals surface area contributed by atoms with E-state index in [-0.39, 0.29) is 6.04 Å². The molecule has 0 aromatic heterocycles. The van der Waals surface area contributed by atoms with Crippen LogP contribution in [0.25, 0.3) is 0 Å². The lowest BCUT2D eigenvalue weighted by atomic mass is 9.85. The summed E-state index contributed by atoms with van der Waals surface area (Å²) in [5.41, 5.74) is 7.48. The summed E-state index contributed by atoms with van der Waals surface area (Å²) in [7, 11) is 2.21. The van der Waals surface area contributed by atoms with E-state index in [0.717, 1.165) is 23.4 Å². The van der Waals surface area contributed by atoms with Crippen molar-refractivity contribution in [2.45, 2.75) is 31.7 Å². The molecular formula is C15H23BrN2. The standard InChI is InChI=1S/C15H23BrN2/c1-18(11-12-5-4-6-12)10-9-15(17)13-7-2-3-8-14(13)16/h2-3,7-8,12,15H,4-6,9-11,17H2,1H3. The van der Waals surface area contributed by atoms with Gasteiger partial charge in [0.05, 0.1) is 0 Å². The van der Waals surface area contributed by atoms with E-state index in [1.165, 1.54) is 31.4 Å². The molecule has 1 aromatic rings. The van der Waals surface area contributed by atoms with Gasteiger partial charge in [0, 0.05) is 17.1 Å². The molecule has 0 saturated heterocycles. The van der Waals surface area contributed by atoms with Crippen LogP contribution in [-0.2, 0) is 0 Å². The second-order valence-corrected chi connectivity index (χ2v) is 6.33. The number of benzene rings is 1. The largest absolute Gasteiger partial charge is 0.324 e. The normalized spacial score (nSPS) is 17.8. The van der Waals surface area contributed by atoms with Gasteiger partial charge in [-0.3, -0.25) is 0 Å². The Morgan fingerprint density at radius 3 is 2.72 bits per heavy atom. The van der Waals surface area contributed by atoms with E-state index in [2.05, 4.69) is 46.1 Å². The molecule has 2 rings (SSSR count). The van der Waals surface area contributed by atoms with Crippen LogP contribution in [0, 0.1) is 5.92 Å². The van der Waals surface area contributed by atoms with Gasteiger partial charge in [-0.2, -0.15) is 0 Å². The summed E-state index contributed by atoms with van der Waals surface area (Å²) in [4.78, 5) is 2.43. The molecule has 18 heavy (non-hydrogen) atoms. The molecule has 1 saturated carbocycles. The summed E-state index contributed by atoms with van der Waals surface area (Å²) < 4.78 is 1.12. The average molecular weight is 311 g/mol. The van der Waals surface area contributed by atoms with Crippen molar-refractivity contribution in [3.63, 3.8) is 0 Å². The van der Waals surface area contributed by atoms with Crippen molar-refractivity contribution in [1.29, 1.82) is 0 Å². The van der Waals surface area contributed by atoms with Gasteiger partial charge < -0.3 is 10.6 Å². The second kappa shape index (κ2) is 6.69. The highest BCUT2D eigenvalue weighted by Crippen LogP contribution is 2.27. The third kappa shape index (κ3) is 3.81. The van der Waals surface area contributed by atoms with Crippen molar-refractivity contribution in [1.82, 2.24) is 4.90 Å². The Morgan fingerprint density at radius 1 is 1.39 bits per heavy atom. The summed E-state index contributed by atoms with van der Waals surface area (Å²) >= 11 is 3.57. The minimum atomic E-state index is 0.129. The molecule has 100 valence electrons. The highest BCUT2D eigenvalue weighted by atomic mass is 79.9. The molecule has 0 bridgehead atoms. The second-order valence-electron chi connectivity index (χ2n) is 5.48. The molecule has 0 spiro atoms. The van der Waals surface area contributed by atoms with Crippen molar-refractivity contribution >= 4 is 15.9 Å². The maximum Gasteiger partial charge on any atom is 0.0318 e. The third-order valence-corrected chi connectivity index (χ3v) is 4.64. The first-order valence-electron chi connectivity index (χ1n) is 6.85. The highest BCUT2D eigenvalue weighted by Gasteiger charge is 2.19. The summed E-state index contributed by atoms with van der Waals surface area (Å²) in [6, 6.07) is 8.39. The van der Waals surface area contributed by atoms with Crippen LogP contribution in [0.3, 0.4) is 0 Å². The van der Waals surface area contributed by atoms with Crippen LogP contribution >= 0.6 is 15.9 Å². The fourth-order valence-electron chi connectivity index (χ4n) is 2.50. The van der Waals surface area contributed by atoms with Crippen LogP contribution in [0.4, 0.5) is 0 Å². The van der Waals surface area contributed by atoms with Gasteiger partial charge >= 0.3 is 0 Å². The number of halogens is 1. The van der Waals surface area contributed by atoms with Gasteiger partial charge in [0.2, 0.25) is 0 Å². The number of rotatable bonds is 6. The van der Waals surface area contributed by atoms with Crippen molar-refractivity contribution in [3.05, 3.63) is 34.3 Å². The molecule has 0 heterocycles. The smallest absolute Gasteiger partial charge is 0.0318 e. The fraction of sp³-hybridized carbons (Fsp3) is 0.600. The lowest BCUT2D eigenvalue weighted by Crippen LogP contribution is -2.31. The van der Waals surface area contributed by atoms with Crippen LogP contribution in [0.5, 0.6) is 0 Å². The zero-order chi connectivity index (χ0) is 13.0. The van der Waals surface area contributed by atoms with Crippen molar-refractivity contribution < 1.29 is 0 Å². The summed E-state index contributed by atoms with van der Waals surface area (Å²) in [5.74, 6) is 0.940. The number of hydrogen-bond acceptors (Lipinski definition) is 2. The average Bonchev–Trinajstić information content (AvgIpc) is 2.31. The molecule has 0 radical (unpaired) electrons. The Kier molecular flexibility index (Phi) is 5.22. The molecule has 3 heteroatoms. The van der Waals surface area contributed by atoms with Gasteiger partial charge in [0.15, 0.2) is 0 Å². The lowest BCUT2D eigenvalue weighted by Gasteiger charge is -2.30. The van der Waals surface area contributed by atoms with Crippen molar-refractivity contribution in [2.24, 2.45) is 11.7 Å². The van der Waals surface area contributed by atoms with Crippen LogP contribution < -0.4 is 5.73 Å². The zero-order valence-electron chi connectivity index (χ0n) is 11.1. The van der Waals surface area contributed by atoms with E-state index in [1.54, 1.807) is 0 Å². The SMILES string of the molecule is CN(CCC(N)c1ccccc1Br)CC1CCC1. The van der Waals surface area contributed by atoms with Gasteiger partial charge in [0.1, 0.15) is 0 Å². The van der Waals surface area contributed by atoms with E-state index in [0.29, 0.717) is 0 Å². The van der Waals surface area contributed by atoms with E-state index in [4.69, 9.17) is 5.73 Å². The summed E-state index contributed by atoms with van der Waals surface area (Å²) in [6.07, 6.45) is 5.28. The van der Waals surface area contributed by atoms with Gasteiger partial charge in [-0.1, -0.05) is 40.5 Å². The molecule has 1 aromatic carbocycles. The lowest BCUT2D eigenvalue weighted by molar-refractivity contribution is 0.201. The topological polar surface area (TPSA) is 29.3 Å². The molecule has 1 aliphatic rings. The first kappa shape index (κ1) is 14.0. The first-order valence-corrected chi connectivity index (χ1v) is 7.64. The molecule has 0 amide bonds. The van der Waals surface area contributed by atoms with Crippen LogP contribution in [0.2, 0.25) is 0 Å².